The fourth-order valence-electron chi connectivity index (χ4n) is 1.94. The van der Waals surface area contributed by atoms with Crippen LogP contribution in [0.15, 0.2) is 30.3 Å². The fourth-order valence-corrected chi connectivity index (χ4v) is 1.94. The number of anilines is 3. The highest BCUT2D eigenvalue weighted by Crippen LogP contribution is 2.17. The number of hydrogen-bond acceptors (Lipinski definition) is 5. The smallest absolute Gasteiger partial charge is 0.229 e. The van der Waals surface area contributed by atoms with E-state index < -0.39 is 0 Å². The topological polar surface area (TPSA) is 66.9 Å². The normalized spacial score (nSPS) is 10.5. The molecule has 2 aromatic rings. The zero-order chi connectivity index (χ0) is 15.4. The van der Waals surface area contributed by atoms with E-state index in [1.54, 1.807) is 19.1 Å². The van der Waals surface area contributed by atoms with Crippen molar-refractivity contribution in [3.63, 3.8) is 0 Å². The van der Waals surface area contributed by atoms with Crippen LogP contribution in [0.4, 0.5) is 17.5 Å². The van der Waals surface area contributed by atoms with Gasteiger partial charge < -0.3 is 10.6 Å². The molecule has 0 atom stereocenters. The van der Waals surface area contributed by atoms with Gasteiger partial charge in [-0.25, -0.2) is 4.98 Å². The first-order valence-corrected chi connectivity index (χ1v) is 6.94. The van der Waals surface area contributed by atoms with E-state index in [4.69, 9.17) is 0 Å². The zero-order valence-electron chi connectivity index (χ0n) is 12.8. The van der Waals surface area contributed by atoms with Gasteiger partial charge in [-0.15, -0.1) is 0 Å². The molecule has 0 spiro atoms. The summed E-state index contributed by atoms with van der Waals surface area (Å²) in [6.07, 6.45) is 0. The molecule has 0 fully saturated rings. The van der Waals surface area contributed by atoms with Gasteiger partial charge in [0.05, 0.1) is 0 Å². The molecule has 0 aliphatic rings. The lowest BCUT2D eigenvalue weighted by Gasteiger charge is -2.12. The number of rotatable bonds is 5. The molecule has 0 amide bonds. The van der Waals surface area contributed by atoms with Gasteiger partial charge in [-0.2, -0.15) is 4.98 Å². The molecular weight excluding hydrogens is 264 g/mol. The molecule has 0 bridgehead atoms. The third-order valence-electron chi connectivity index (χ3n) is 2.82. The maximum atomic E-state index is 11.4. The fraction of sp³-hybridized carbons (Fsp3) is 0.312. The highest BCUT2D eigenvalue weighted by Gasteiger charge is 2.05. The number of aromatic nitrogens is 2. The number of nitrogens with zero attached hydrogens (tertiary/aromatic N) is 2. The van der Waals surface area contributed by atoms with Crippen molar-refractivity contribution in [3.05, 3.63) is 41.6 Å². The predicted molar refractivity (Wildman–Crippen MR) is 85.3 cm³/mol. The second-order valence-electron chi connectivity index (χ2n) is 5.28. The molecule has 0 radical (unpaired) electrons. The molecule has 0 aliphatic heterocycles. The van der Waals surface area contributed by atoms with E-state index in [9.17, 15) is 4.79 Å². The van der Waals surface area contributed by atoms with Crippen LogP contribution in [0.2, 0.25) is 0 Å². The Morgan fingerprint density at radius 2 is 1.95 bits per heavy atom. The molecule has 2 N–H and O–H groups in total. The van der Waals surface area contributed by atoms with Crippen LogP contribution in [-0.4, -0.2) is 21.8 Å². The average molecular weight is 284 g/mol. The molecular formula is C16H20N4O. The lowest BCUT2D eigenvalue weighted by Crippen LogP contribution is -2.12. The molecule has 110 valence electrons. The quantitative estimate of drug-likeness (QED) is 0.822. The van der Waals surface area contributed by atoms with Gasteiger partial charge >= 0.3 is 0 Å². The average Bonchev–Trinajstić information content (AvgIpc) is 2.37. The van der Waals surface area contributed by atoms with Crippen LogP contribution < -0.4 is 10.6 Å². The minimum Gasteiger partial charge on any atom is -0.368 e. The van der Waals surface area contributed by atoms with E-state index in [1.807, 2.05) is 25.1 Å². The van der Waals surface area contributed by atoms with E-state index in [2.05, 4.69) is 34.4 Å². The van der Waals surface area contributed by atoms with Gasteiger partial charge in [0.15, 0.2) is 5.78 Å². The molecule has 1 aromatic heterocycles. The van der Waals surface area contributed by atoms with Crippen molar-refractivity contribution < 1.29 is 4.79 Å². The van der Waals surface area contributed by atoms with Crippen molar-refractivity contribution >= 4 is 23.2 Å². The van der Waals surface area contributed by atoms with Crippen LogP contribution in [0.3, 0.4) is 0 Å². The van der Waals surface area contributed by atoms with Crippen LogP contribution in [-0.2, 0) is 0 Å². The lowest BCUT2D eigenvalue weighted by molar-refractivity contribution is 0.101. The van der Waals surface area contributed by atoms with E-state index in [-0.39, 0.29) is 5.78 Å². The number of Topliss-reactive ketones (excluding diaryl/α,β-unsaturated/α-hetero) is 1. The van der Waals surface area contributed by atoms with Gasteiger partial charge in [-0.1, -0.05) is 12.1 Å². The molecule has 2 rings (SSSR count). The summed E-state index contributed by atoms with van der Waals surface area (Å²) in [7, 11) is 0. The maximum Gasteiger partial charge on any atom is 0.229 e. The number of nitrogens with one attached hydrogen (secondary N) is 2. The second kappa shape index (κ2) is 6.35. The lowest BCUT2D eigenvalue weighted by atomic mass is 10.1. The molecule has 0 unspecified atom stereocenters. The number of hydrogen-bond donors (Lipinski definition) is 2. The van der Waals surface area contributed by atoms with Crippen LogP contribution in [0.25, 0.3) is 0 Å². The molecule has 5 nitrogen and oxygen atoms in total. The standard InChI is InChI=1S/C16H20N4O/c1-10(2)17-15-8-11(3)18-16(20-15)19-14-7-5-6-13(9-14)12(4)21/h5-10H,1-4H3,(H2,17,18,19,20). The summed E-state index contributed by atoms with van der Waals surface area (Å²) in [5.41, 5.74) is 2.33. The molecule has 1 aromatic carbocycles. The van der Waals surface area contributed by atoms with Gasteiger partial charge in [0.25, 0.3) is 0 Å². The van der Waals surface area contributed by atoms with E-state index in [1.165, 1.54) is 0 Å². The van der Waals surface area contributed by atoms with Gasteiger partial charge in [0.2, 0.25) is 5.95 Å². The maximum absolute atomic E-state index is 11.4. The molecule has 0 aliphatic carbocycles. The van der Waals surface area contributed by atoms with Crippen molar-refractivity contribution in [2.24, 2.45) is 0 Å². The van der Waals surface area contributed by atoms with Gasteiger partial charge in [-0.05, 0) is 39.8 Å². The van der Waals surface area contributed by atoms with Crippen LogP contribution >= 0.6 is 0 Å². The largest absolute Gasteiger partial charge is 0.368 e. The Hall–Kier alpha value is -2.43. The number of aryl methyl sites for hydroxylation is 1. The number of benzene rings is 1. The summed E-state index contributed by atoms with van der Waals surface area (Å²) >= 11 is 0. The Morgan fingerprint density at radius 3 is 2.62 bits per heavy atom. The molecule has 5 heteroatoms. The summed E-state index contributed by atoms with van der Waals surface area (Å²) in [5, 5.41) is 6.40. The third-order valence-corrected chi connectivity index (χ3v) is 2.82. The number of carbonyl (C=O) groups excluding carboxylic acids is 1. The van der Waals surface area contributed by atoms with E-state index >= 15 is 0 Å². The monoisotopic (exact) mass is 284 g/mol. The molecule has 21 heavy (non-hydrogen) atoms. The van der Waals surface area contributed by atoms with Crippen LogP contribution in [0.5, 0.6) is 0 Å². The SMILES string of the molecule is CC(=O)c1cccc(Nc2nc(C)cc(NC(C)C)n2)c1. The predicted octanol–water partition coefficient (Wildman–Crippen LogP) is 3.55. The van der Waals surface area contributed by atoms with Crippen molar-refractivity contribution in [2.75, 3.05) is 10.6 Å². The van der Waals surface area contributed by atoms with Crippen LogP contribution in [0.1, 0.15) is 36.8 Å². The highest BCUT2D eigenvalue weighted by atomic mass is 16.1. The first-order chi connectivity index (χ1) is 9.94. The first kappa shape index (κ1) is 15.0. The van der Waals surface area contributed by atoms with Crippen molar-refractivity contribution in [2.45, 2.75) is 33.7 Å². The van der Waals surface area contributed by atoms with Crippen LogP contribution in [0, 0.1) is 6.92 Å². The molecule has 1 heterocycles. The van der Waals surface area contributed by atoms with Gasteiger partial charge in [0.1, 0.15) is 5.82 Å². The summed E-state index contributed by atoms with van der Waals surface area (Å²) in [4.78, 5) is 20.2. The Kier molecular flexibility index (Phi) is 4.52. The van der Waals surface area contributed by atoms with E-state index in [0.29, 0.717) is 17.6 Å². The minimum absolute atomic E-state index is 0.0333. The van der Waals surface area contributed by atoms with E-state index in [0.717, 1.165) is 17.2 Å². The van der Waals surface area contributed by atoms with Gasteiger partial charge in [-0.3, -0.25) is 4.79 Å². The third kappa shape index (κ3) is 4.27. The summed E-state index contributed by atoms with van der Waals surface area (Å²) < 4.78 is 0. The minimum atomic E-state index is 0.0333. The summed E-state index contributed by atoms with van der Waals surface area (Å²) in [6.45, 7) is 7.58. The Labute approximate surface area is 124 Å². The summed E-state index contributed by atoms with van der Waals surface area (Å²) in [5.74, 6) is 1.33. The first-order valence-electron chi connectivity index (χ1n) is 6.94. The number of ketones is 1. The van der Waals surface area contributed by atoms with Crippen molar-refractivity contribution in [1.29, 1.82) is 0 Å². The van der Waals surface area contributed by atoms with Gasteiger partial charge in [0, 0.05) is 29.1 Å². The van der Waals surface area contributed by atoms with Crippen molar-refractivity contribution in [1.82, 2.24) is 9.97 Å². The second-order valence-corrected chi connectivity index (χ2v) is 5.28. The zero-order valence-corrected chi connectivity index (χ0v) is 12.8. The van der Waals surface area contributed by atoms with Crippen molar-refractivity contribution in [3.8, 4) is 0 Å². The molecule has 0 saturated heterocycles. The Balaban J connectivity index is 2.24. The Bertz CT molecular complexity index is 652. The summed E-state index contributed by atoms with van der Waals surface area (Å²) in [6, 6.07) is 9.50. The highest BCUT2D eigenvalue weighted by molar-refractivity contribution is 5.95. The number of carbonyl (C=O) groups is 1. The molecule has 0 saturated carbocycles. The Morgan fingerprint density at radius 1 is 1.19 bits per heavy atom.